The van der Waals surface area contributed by atoms with Crippen molar-refractivity contribution in [1.82, 2.24) is 14.5 Å². The molecule has 27 heavy (non-hydrogen) atoms. The summed E-state index contributed by atoms with van der Waals surface area (Å²) in [4.78, 5) is 32.3. The normalized spacial score (nSPS) is 15.7. The summed E-state index contributed by atoms with van der Waals surface area (Å²) in [6.07, 6.45) is 5.23. The lowest BCUT2D eigenvalue weighted by Gasteiger charge is -2.17. The first-order chi connectivity index (χ1) is 12.9. The zero-order chi connectivity index (χ0) is 19.2. The number of hydrogen-bond acceptors (Lipinski definition) is 4. The highest BCUT2D eigenvalue weighted by Gasteiger charge is 2.34. The Balaban J connectivity index is 2.04. The topological polar surface area (TPSA) is 64.8 Å². The predicted octanol–water partition coefficient (Wildman–Crippen LogP) is 3.72. The number of aromatic nitrogens is 3. The molecule has 0 amide bonds. The fourth-order valence-electron chi connectivity index (χ4n) is 3.25. The van der Waals surface area contributed by atoms with Crippen molar-refractivity contribution in [3.05, 3.63) is 58.9 Å². The van der Waals surface area contributed by atoms with Gasteiger partial charge in [-0.3, -0.25) is 4.79 Å². The molecule has 0 spiro atoms. The summed E-state index contributed by atoms with van der Waals surface area (Å²) < 4.78 is 28.9. The minimum atomic E-state index is -3.23. The molecule has 0 saturated heterocycles. The van der Waals surface area contributed by atoms with Gasteiger partial charge in [0.15, 0.2) is 5.82 Å². The highest BCUT2D eigenvalue weighted by Crippen LogP contribution is 2.39. The summed E-state index contributed by atoms with van der Waals surface area (Å²) in [5, 5.41) is 0.122. The molecule has 0 aliphatic heterocycles. The molecule has 4 rings (SSSR count). The Morgan fingerprint density at radius 3 is 2.56 bits per heavy atom. The van der Waals surface area contributed by atoms with Gasteiger partial charge in [-0.2, -0.15) is 8.78 Å². The van der Waals surface area contributed by atoms with E-state index < -0.39 is 23.3 Å². The van der Waals surface area contributed by atoms with E-state index in [0.717, 1.165) is 30.9 Å². The van der Waals surface area contributed by atoms with E-state index in [-0.39, 0.29) is 16.8 Å². The van der Waals surface area contributed by atoms with Gasteiger partial charge in [-0.25, -0.2) is 9.97 Å². The summed E-state index contributed by atoms with van der Waals surface area (Å²) in [7, 11) is 0. The number of nitrogens with zero attached hydrogens (tertiary/aromatic N) is 3. The van der Waals surface area contributed by atoms with Gasteiger partial charge in [-0.15, -0.1) is 0 Å². The molecule has 1 unspecified atom stereocenters. The van der Waals surface area contributed by atoms with Crippen LogP contribution in [-0.4, -0.2) is 20.8 Å². The number of benzene rings is 1. The third-order valence-corrected chi connectivity index (χ3v) is 4.82. The van der Waals surface area contributed by atoms with Crippen LogP contribution >= 0.6 is 0 Å². The molecule has 2 aromatic heterocycles. The number of fused-ring (bicyclic) bond motifs is 1. The first-order valence-corrected chi connectivity index (χ1v) is 8.71. The zero-order valence-electron chi connectivity index (χ0n) is 14.6. The fraction of sp³-hybridized carbons (Fsp3) is 0.300. The second-order valence-electron chi connectivity index (χ2n) is 6.93. The molecule has 3 aromatic rings. The van der Waals surface area contributed by atoms with Crippen LogP contribution in [0.4, 0.5) is 8.78 Å². The summed E-state index contributed by atoms with van der Waals surface area (Å²) in [6.45, 7) is 0.715. The molecule has 7 heteroatoms. The molecule has 1 fully saturated rings. The molecule has 5 nitrogen and oxygen atoms in total. The fourth-order valence-corrected chi connectivity index (χ4v) is 3.25. The van der Waals surface area contributed by atoms with E-state index in [4.69, 9.17) is 0 Å². The van der Waals surface area contributed by atoms with Gasteiger partial charge < -0.3 is 9.36 Å². The smallest absolute Gasteiger partial charge is 0.303 e. The molecule has 2 heterocycles. The zero-order valence-corrected chi connectivity index (χ0v) is 14.6. The van der Waals surface area contributed by atoms with E-state index >= 15 is 0 Å². The van der Waals surface area contributed by atoms with Crippen LogP contribution in [0.1, 0.15) is 31.6 Å². The van der Waals surface area contributed by atoms with Crippen LogP contribution in [0.5, 0.6) is 0 Å². The Hall–Kier alpha value is -2.96. The monoisotopic (exact) mass is 369 g/mol. The standard InChI is InChI=1S/C20H17F2N3O2/c1-20(21,22)19-23-9-14-17(24-19)15(12-5-3-2-4-6-12)10-25(18(14)27)16(11-26)13-7-8-13/h2-6,9-11,13,16H,7-8H2,1H3. The van der Waals surface area contributed by atoms with E-state index in [1.165, 1.54) is 4.57 Å². The van der Waals surface area contributed by atoms with Crippen molar-refractivity contribution < 1.29 is 13.6 Å². The van der Waals surface area contributed by atoms with Crippen LogP contribution in [0.15, 0.2) is 47.5 Å². The number of aldehydes is 1. The van der Waals surface area contributed by atoms with Crippen molar-refractivity contribution >= 4 is 17.2 Å². The molecular weight excluding hydrogens is 352 g/mol. The average Bonchev–Trinajstić information content (AvgIpc) is 3.49. The molecule has 1 saturated carbocycles. The van der Waals surface area contributed by atoms with Crippen molar-refractivity contribution in [3.8, 4) is 11.1 Å². The second-order valence-corrected chi connectivity index (χ2v) is 6.93. The van der Waals surface area contributed by atoms with E-state index in [1.807, 2.05) is 30.3 Å². The van der Waals surface area contributed by atoms with E-state index in [2.05, 4.69) is 9.97 Å². The van der Waals surface area contributed by atoms with Crippen molar-refractivity contribution in [1.29, 1.82) is 0 Å². The van der Waals surface area contributed by atoms with E-state index in [0.29, 0.717) is 12.5 Å². The molecule has 0 bridgehead atoms. The third-order valence-electron chi connectivity index (χ3n) is 4.82. The van der Waals surface area contributed by atoms with Gasteiger partial charge in [-0.1, -0.05) is 30.3 Å². The van der Waals surface area contributed by atoms with Crippen molar-refractivity contribution in [2.75, 3.05) is 0 Å². The molecule has 0 N–H and O–H groups in total. The summed E-state index contributed by atoms with van der Waals surface area (Å²) in [5.74, 6) is -3.74. The van der Waals surface area contributed by atoms with Crippen LogP contribution in [0.3, 0.4) is 0 Å². The number of carbonyl (C=O) groups excluding carboxylic acids is 1. The average molecular weight is 369 g/mol. The largest absolute Gasteiger partial charge is 0.304 e. The molecule has 138 valence electrons. The van der Waals surface area contributed by atoms with Crippen LogP contribution in [-0.2, 0) is 10.7 Å². The maximum atomic E-state index is 13.7. The summed E-state index contributed by atoms with van der Waals surface area (Å²) >= 11 is 0. The third kappa shape index (κ3) is 3.13. The van der Waals surface area contributed by atoms with Crippen LogP contribution < -0.4 is 5.56 Å². The van der Waals surface area contributed by atoms with Crippen molar-refractivity contribution in [2.24, 2.45) is 5.92 Å². The minimum absolute atomic E-state index is 0.122. The maximum absolute atomic E-state index is 13.7. The van der Waals surface area contributed by atoms with E-state index in [9.17, 15) is 18.4 Å². The van der Waals surface area contributed by atoms with Crippen LogP contribution in [0.25, 0.3) is 22.0 Å². The van der Waals surface area contributed by atoms with Crippen LogP contribution in [0, 0.1) is 5.92 Å². The Morgan fingerprint density at radius 2 is 1.96 bits per heavy atom. The molecule has 0 radical (unpaired) electrons. The Labute approximate surface area is 153 Å². The molecule has 1 aliphatic carbocycles. The molecule has 1 atom stereocenters. The number of pyridine rings is 1. The van der Waals surface area contributed by atoms with Gasteiger partial charge in [0, 0.05) is 24.9 Å². The number of rotatable bonds is 5. The summed E-state index contributed by atoms with van der Waals surface area (Å²) in [6, 6.07) is 8.50. The molecular formula is C20H17F2N3O2. The summed E-state index contributed by atoms with van der Waals surface area (Å²) in [5.41, 5.74) is 0.959. The van der Waals surface area contributed by atoms with Gasteiger partial charge >= 0.3 is 5.92 Å². The number of hydrogen-bond donors (Lipinski definition) is 0. The molecule has 1 aliphatic rings. The SMILES string of the molecule is CC(F)(F)c1ncc2c(=O)n(C(C=O)C3CC3)cc(-c3ccccc3)c2n1. The van der Waals surface area contributed by atoms with Crippen LogP contribution in [0.2, 0.25) is 0 Å². The molecule has 1 aromatic carbocycles. The lowest BCUT2D eigenvalue weighted by atomic mass is 10.0. The minimum Gasteiger partial charge on any atom is -0.304 e. The number of alkyl halides is 2. The first kappa shape index (κ1) is 17.5. The Kier molecular flexibility index (Phi) is 4.09. The second kappa shape index (κ2) is 6.33. The highest BCUT2D eigenvalue weighted by atomic mass is 19.3. The van der Waals surface area contributed by atoms with Gasteiger partial charge in [0.05, 0.1) is 16.9 Å². The lowest BCUT2D eigenvalue weighted by Crippen LogP contribution is -2.28. The quantitative estimate of drug-likeness (QED) is 0.643. The number of halogens is 2. The Bertz CT molecular complexity index is 1070. The first-order valence-electron chi connectivity index (χ1n) is 8.71. The number of carbonyl (C=O) groups is 1. The Morgan fingerprint density at radius 1 is 1.26 bits per heavy atom. The van der Waals surface area contributed by atoms with Crippen molar-refractivity contribution in [3.63, 3.8) is 0 Å². The highest BCUT2D eigenvalue weighted by molar-refractivity contribution is 5.92. The van der Waals surface area contributed by atoms with Gasteiger partial charge in [-0.05, 0) is 24.3 Å². The van der Waals surface area contributed by atoms with Gasteiger partial charge in [0.2, 0.25) is 0 Å². The lowest BCUT2D eigenvalue weighted by molar-refractivity contribution is -0.111. The van der Waals surface area contributed by atoms with Gasteiger partial charge in [0.1, 0.15) is 6.29 Å². The van der Waals surface area contributed by atoms with Crippen molar-refractivity contribution in [2.45, 2.75) is 31.7 Å². The van der Waals surface area contributed by atoms with Gasteiger partial charge in [0.25, 0.3) is 5.56 Å². The predicted molar refractivity (Wildman–Crippen MR) is 96.6 cm³/mol. The van der Waals surface area contributed by atoms with E-state index in [1.54, 1.807) is 6.20 Å². The maximum Gasteiger partial charge on any atom is 0.303 e.